The van der Waals surface area contributed by atoms with Gasteiger partial charge in [0, 0.05) is 0 Å². The van der Waals surface area contributed by atoms with E-state index < -0.39 is 36.2 Å². The number of hydrogen-bond donors (Lipinski definition) is 0. The molecule has 8 heteroatoms. The van der Waals surface area contributed by atoms with Crippen molar-refractivity contribution in [2.24, 2.45) is 0 Å². The summed E-state index contributed by atoms with van der Waals surface area (Å²) in [5.41, 5.74) is 0. The molecule has 0 atom stereocenters. The van der Waals surface area contributed by atoms with Gasteiger partial charge in [-0.25, -0.2) is 0 Å². The average molecular weight is 288 g/mol. The molecule has 0 aliphatic rings. The van der Waals surface area contributed by atoms with Crippen LogP contribution in [0.2, 0.25) is 0 Å². The van der Waals surface area contributed by atoms with Crippen molar-refractivity contribution in [3.8, 4) is 0 Å². The van der Waals surface area contributed by atoms with Gasteiger partial charge in [0.2, 0.25) is 0 Å². The van der Waals surface area contributed by atoms with Gasteiger partial charge in [0.25, 0.3) is 0 Å². The average Bonchev–Trinajstić information content (AvgIpc) is 1.57. The second-order valence-corrected chi connectivity index (χ2v) is 8.46. The second kappa shape index (κ2) is 3.40. The number of hydrogen-bond acceptors (Lipinski definition) is 0. The Hall–Kier alpha value is 0.697. The normalized spacial score (nSPS) is 14.6. The van der Waals surface area contributed by atoms with Crippen molar-refractivity contribution in [1.29, 1.82) is 0 Å². The molecule has 0 N–H and O–H groups in total. The summed E-state index contributed by atoms with van der Waals surface area (Å²) < 4.78 is 66.9. The third-order valence-corrected chi connectivity index (χ3v) is 7.47. The summed E-state index contributed by atoms with van der Waals surface area (Å²) in [7, 11) is 0. The molecule has 0 fully saturated rings. The van der Waals surface area contributed by atoms with Gasteiger partial charge < -0.3 is 0 Å². The van der Waals surface area contributed by atoms with E-state index in [4.69, 9.17) is 0 Å². The number of halogens is 6. The molecule has 0 bridgehead atoms. The Bertz CT molecular complexity index is 114. The maximum absolute atomic E-state index is 11.2. The molecule has 0 heterocycles. The van der Waals surface area contributed by atoms with Crippen LogP contribution in [0, 0.1) is 0 Å². The second-order valence-electron chi connectivity index (χ2n) is 1.14. The monoisotopic (exact) mass is 288 g/mol. The van der Waals surface area contributed by atoms with Gasteiger partial charge in [0.05, 0.1) is 0 Å². The molecule has 0 aliphatic carbocycles. The summed E-state index contributed by atoms with van der Waals surface area (Å²) in [6.45, 7) is 0. The van der Waals surface area contributed by atoms with Crippen molar-refractivity contribution >= 4 is 26.3 Å². The van der Waals surface area contributed by atoms with Gasteiger partial charge >= 0.3 is 62.5 Å². The predicted octanol–water partition coefficient (Wildman–Crippen LogP) is 1.35. The molecule has 0 nitrogen and oxygen atoms in total. The molecule has 0 spiro atoms. The summed E-state index contributed by atoms with van der Waals surface area (Å²) in [4.78, 5) is -9.15. The predicted molar refractivity (Wildman–Crippen MR) is 23.6 cm³/mol. The van der Waals surface area contributed by atoms with Crippen LogP contribution >= 0.6 is 0 Å². The standard InChI is InChI=1S/C2As2F6/c5-1(6,7)3-4-2(8,9)10. The molecule has 0 rings (SSSR count). The van der Waals surface area contributed by atoms with Crippen molar-refractivity contribution in [2.75, 3.05) is 0 Å². The fourth-order valence-electron chi connectivity index (χ4n) is 0.113. The van der Waals surface area contributed by atoms with E-state index >= 15 is 0 Å². The molecule has 0 saturated heterocycles. The van der Waals surface area contributed by atoms with Crippen LogP contribution in [-0.2, 0) is 0 Å². The van der Waals surface area contributed by atoms with E-state index in [1.54, 1.807) is 0 Å². The Morgan fingerprint density at radius 1 is 0.600 bits per heavy atom. The Balaban J connectivity index is 4.01. The van der Waals surface area contributed by atoms with Crippen LogP contribution in [-0.4, -0.2) is 36.2 Å². The zero-order valence-electron chi connectivity index (χ0n) is 4.16. The summed E-state index contributed by atoms with van der Waals surface area (Å²) in [6.07, 6.45) is 0. The van der Waals surface area contributed by atoms with Crippen LogP contribution in [0.25, 0.3) is 0 Å². The van der Waals surface area contributed by atoms with Crippen molar-refractivity contribution in [2.45, 2.75) is 9.93 Å². The first-order valence-electron chi connectivity index (χ1n) is 1.78. The van der Waals surface area contributed by atoms with Crippen molar-refractivity contribution in [3.63, 3.8) is 0 Å². The van der Waals surface area contributed by atoms with Gasteiger partial charge in [-0.1, -0.05) is 0 Å². The third kappa shape index (κ3) is 8.70. The SMILES string of the molecule is FC(F)(F)[As]=[As]C(F)(F)F. The van der Waals surface area contributed by atoms with Gasteiger partial charge in [-0.2, -0.15) is 0 Å². The minimum absolute atomic E-state index is 2.50. The fraction of sp³-hybridized carbons (Fsp3) is 1.00. The van der Waals surface area contributed by atoms with E-state index in [0.717, 1.165) is 0 Å². The molecule has 0 amide bonds. The Kier molecular flexibility index (Phi) is 3.63. The Morgan fingerprint density at radius 3 is 0.900 bits per heavy atom. The minimum atomic E-state index is -4.58. The zero-order valence-corrected chi connectivity index (χ0v) is 7.92. The van der Waals surface area contributed by atoms with Crippen LogP contribution in [0.1, 0.15) is 0 Å². The first kappa shape index (κ1) is 10.7. The van der Waals surface area contributed by atoms with Crippen LogP contribution < -0.4 is 0 Å². The van der Waals surface area contributed by atoms with Gasteiger partial charge in [0.1, 0.15) is 0 Å². The van der Waals surface area contributed by atoms with E-state index in [2.05, 4.69) is 0 Å². The Labute approximate surface area is 62.9 Å². The molecule has 0 saturated carbocycles. The first-order valence-corrected chi connectivity index (χ1v) is 8.86. The van der Waals surface area contributed by atoms with Crippen LogP contribution in [0.15, 0.2) is 0 Å². The van der Waals surface area contributed by atoms with E-state index in [-0.39, 0.29) is 0 Å². The fourth-order valence-corrected chi connectivity index (χ4v) is 3.06. The van der Waals surface area contributed by atoms with E-state index in [0.29, 0.717) is 0 Å². The van der Waals surface area contributed by atoms with Gasteiger partial charge in [0.15, 0.2) is 0 Å². The van der Waals surface area contributed by atoms with Crippen LogP contribution in [0.4, 0.5) is 26.3 Å². The van der Waals surface area contributed by atoms with Gasteiger partial charge in [-0.15, -0.1) is 0 Å². The molecule has 60 valence electrons. The van der Waals surface area contributed by atoms with E-state index in [9.17, 15) is 26.3 Å². The van der Waals surface area contributed by atoms with Gasteiger partial charge in [-0.3, -0.25) is 0 Å². The maximum atomic E-state index is 11.2. The quantitative estimate of drug-likeness (QED) is 0.466. The third-order valence-electron chi connectivity index (χ3n) is 0.277. The first-order chi connectivity index (χ1) is 4.21. The van der Waals surface area contributed by atoms with Gasteiger partial charge in [-0.05, 0) is 0 Å². The van der Waals surface area contributed by atoms with E-state index in [1.807, 2.05) is 0 Å². The molecule has 0 aromatic rings. The summed E-state index contributed by atoms with van der Waals surface area (Å²) in [6, 6.07) is 0. The van der Waals surface area contributed by atoms with Crippen molar-refractivity contribution in [3.05, 3.63) is 0 Å². The summed E-state index contributed by atoms with van der Waals surface area (Å²) in [5, 5.41) is 0. The zero-order chi connectivity index (χ0) is 8.41. The van der Waals surface area contributed by atoms with E-state index in [1.165, 1.54) is 0 Å². The molecule has 0 radical (unpaired) electrons. The summed E-state index contributed by atoms with van der Waals surface area (Å²) in [5.74, 6) is 0. The van der Waals surface area contributed by atoms with Crippen molar-refractivity contribution < 1.29 is 26.3 Å². The Morgan fingerprint density at radius 2 is 0.800 bits per heavy atom. The van der Waals surface area contributed by atoms with Crippen LogP contribution in [0.3, 0.4) is 0 Å². The molecular formula is C2As2F6. The van der Waals surface area contributed by atoms with Crippen LogP contribution in [0.5, 0.6) is 0 Å². The molecular weight excluding hydrogens is 288 g/mol. The topological polar surface area (TPSA) is 0 Å². The molecule has 10 heavy (non-hydrogen) atoms. The molecule has 0 unspecified atom stereocenters. The molecule has 0 aliphatic heterocycles. The molecule has 0 aromatic carbocycles. The molecule has 0 aromatic heterocycles. The summed E-state index contributed by atoms with van der Waals surface area (Å²) >= 11 is -5.00. The number of alkyl halides is 6. The van der Waals surface area contributed by atoms with Crippen molar-refractivity contribution in [1.82, 2.24) is 0 Å². The number of rotatable bonds is 0.